The van der Waals surface area contributed by atoms with Crippen molar-refractivity contribution in [2.75, 3.05) is 6.54 Å². The summed E-state index contributed by atoms with van der Waals surface area (Å²) < 4.78 is 25.7. The largest absolute Gasteiger partial charge is 0.446 e. The first-order valence-electron chi connectivity index (χ1n) is 16.9. The van der Waals surface area contributed by atoms with E-state index in [1.165, 1.54) is 15.9 Å². The summed E-state index contributed by atoms with van der Waals surface area (Å²) in [6.07, 6.45) is 9.89. The maximum absolute atomic E-state index is 14.3. The SMILES string of the molecule is N#CNC(=O)[C@@]12C[C@H]1/C=C\CCCCC[C@H](NC(=O)OC1CCCC1)C(=O)N1C[C@H](OC(=O)N3Cc4cccc(F)c4C3)CC1C(=O)N2. The fourth-order valence-electron chi connectivity index (χ4n) is 7.39. The van der Waals surface area contributed by atoms with Crippen molar-refractivity contribution >= 4 is 29.9 Å². The number of allylic oxidation sites excluding steroid dienone is 1. The number of halogens is 1. The van der Waals surface area contributed by atoms with Crippen molar-refractivity contribution in [1.82, 2.24) is 25.8 Å². The van der Waals surface area contributed by atoms with Gasteiger partial charge in [0.1, 0.15) is 35.6 Å². The van der Waals surface area contributed by atoms with Gasteiger partial charge in [-0.3, -0.25) is 24.6 Å². The zero-order valence-electron chi connectivity index (χ0n) is 26.8. The minimum absolute atomic E-state index is 0.0284. The summed E-state index contributed by atoms with van der Waals surface area (Å²) in [5.74, 6) is -2.56. The van der Waals surface area contributed by atoms with Crippen LogP contribution in [0.15, 0.2) is 30.4 Å². The standard InChI is InChI=1S/C34H41FN6O7/c35-26-13-8-9-21-17-40(19-25(21)26)33(46)48-24-15-28-29(42)39-34(31(44)37-20-36)16-22(34)10-4-2-1-3-5-14-27(30(43)41(28)18-24)38-32(45)47-23-11-6-7-12-23/h4,8-10,13,22-24,27-28H,1-3,5-7,11-12,14-19H2,(H,37,44)(H,38,45)(H,39,42)/b10-4-/t22-,24-,27+,28?,34-/m1/s1. The molecule has 5 atom stereocenters. The molecule has 0 aromatic heterocycles. The van der Waals surface area contributed by atoms with Gasteiger partial charge < -0.3 is 25.0 Å². The Hall–Kier alpha value is -4.67. The van der Waals surface area contributed by atoms with Crippen molar-refractivity contribution in [1.29, 1.82) is 5.26 Å². The van der Waals surface area contributed by atoms with Crippen molar-refractivity contribution in [3.63, 3.8) is 0 Å². The van der Waals surface area contributed by atoms with E-state index in [1.54, 1.807) is 18.3 Å². The number of amides is 5. The Morgan fingerprint density at radius 1 is 1.02 bits per heavy atom. The van der Waals surface area contributed by atoms with Gasteiger partial charge in [-0.25, -0.2) is 14.0 Å². The molecule has 1 aromatic carbocycles. The van der Waals surface area contributed by atoms with Crippen LogP contribution in [0.2, 0.25) is 0 Å². The zero-order valence-corrected chi connectivity index (χ0v) is 26.8. The Morgan fingerprint density at radius 3 is 2.58 bits per heavy atom. The molecule has 6 rings (SSSR count). The molecule has 3 N–H and O–H groups in total. The molecule has 5 aliphatic rings. The first kappa shape index (κ1) is 33.2. The lowest BCUT2D eigenvalue weighted by molar-refractivity contribution is -0.141. The van der Waals surface area contributed by atoms with Gasteiger partial charge in [0.25, 0.3) is 5.91 Å². The Kier molecular flexibility index (Phi) is 9.84. The van der Waals surface area contributed by atoms with Crippen LogP contribution in [0.4, 0.5) is 14.0 Å². The minimum atomic E-state index is -1.36. The molecule has 2 saturated carbocycles. The fraction of sp³-hybridized carbons (Fsp3) is 0.588. The average Bonchev–Trinajstić information content (AvgIpc) is 3.49. The van der Waals surface area contributed by atoms with E-state index >= 15 is 0 Å². The maximum Gasteiger partial charge on any atom is 0.410 e. The predicted octanol–water partition coefficient (Wildman–Crippen LogP) is 3.28. The lowest BCUT2D eigenvalue weighted by atomic mass is 10.0. The van der Waals surface area contributed by atoms with Crippen molar-refractivity contribution < 1.29 is 37.8 Å². The molecule has 48 heavy (non-hydrogen) atoms. The molecule has 14 heteroatoms. The number of nitrogens with one attached hydrogen (secondary N) is 3. The molecule has 1 unspecified atom stereocenters. The number of alkyl carbamates (subject to hydrolysis) is 1. The minimum Gasteiger partial charge on any atom is -0.446 e. The average molecular weight is 665 g/mol. The highest BCUT2D eigenvalue weighted by Crippen LogP contribution is 2.45. The number of hydrogen-bond donors (Lipinski definition) is 3. The van der Waals surface area contributed by atoms with Crippen LogP contribution in [0.1, 0.15) is 81.8 Å². The molecule has 0 spiro atoms. The van der Waals surface area contributed by atoms with E-state index in [4.69, 9.17) is 14.7 Å². The summed E-state index contributed by atoms with van der Waals surface area (Å²) in [4.78, 5) is 70.0. The molecule has 1 saturated heterocycles. The molecule has 2 aliphatic carbocycles. The maximum atomic E-state index is 14.3. The van der Waals surface area contributed by atoms with E-state index in [0.29, 0.717) is 24.0 Å². The normalized spacial score (nSPS) is 29.6. The van der Waals surface area contributed by atoms with Crippen LogP contribution in [0.5, 0.6) is 0 Å². The summed E-state index contributed by atoms with van der Waals surface area (Å²) in [5, 5.41) is 16.8. The second-order valence-corrected chi connectivity index (χ2v) is 13.4. The number of carbonyl (C=O) groups is 5. The highest BCUT2D eigenvalue weighted by atomic mass is 19.1. The van der Waals surface area contributed by atoms with Crippen LogP contribution in [0.25, 0.3) is 0 Å². The quantitative estimate of drug-likeness (QED) is 0.250. The summed E-state index contributed by atoms with van der Waals surface area (Å²) in [6.45, 7) is 0.0563. The van der Waals surface area contributed by atoms with Gasteiger partial charge in [-0.1, -0.05) is 37.1 Å². The van der Waals surface area contributed by atoms with Gasteiger partial charge in [-0.05, 0) is 63.0 Å². The highest BCUT2D eigenvalue weighted by molar-refractivity contribution is 5.99. The van der Waals surface area contributed by atoms with Crippen LogP contribution < -0.4 is 16.0 Å². The molecule has 5 amide bonds. The van der Waals surface area contributed by atoms with E-state index in [9.17, 15) is 28.4 Å². The van der Waals surface area contributed by atoms with Crippen LogP contribution >= 0.6 is 0 Å². The first-order chi connectivity index (χ1) is 23.2. The second kappa shape index (κ2) is 14.2. The molecule has 1 aromatic rings. The van der Waals surface area contributed by atoms with E-state index < -0.39 is 59.5 Å². The third kappa shape index (κ3) is 7.10. The smallest absolute Gasteiger partial charge is 0.410 e. The molecule has 256 valence electrons. The number of carbonyl (C=O) groups excluding carboxylic acids is 5. The molecule has 0 radical (unpaired) electrons. The molecule has 13 nitrogen and oxygen atoms in total. The topological polar surface area (TPSA) is 170 Å². The lowest BCUT2D eigenvalue weighted by Crippen LogP contribution is -2.57. The van der Waals surface area contributed by atoms with Gasteiger partial charge in [0.2, 0.25) is 11.8 Å². The van der Waals surface area contributed by atoms with E-state index in [0.717, 1.165) is 44.9 Å². The van der Waals surface area contributed by atoms with Crippen molar-refractivity contribution in [2.45, 2.75) is 114 Å². The molecular weight excluding hydrogens is 623 g/mol. The van der Waals surface area contributed by atoms with Crippen LogP contribution in [-0.2, 0) is 36.9 Å². The Balaban J connectivity index is 1.22. The Morgan fingerprint density at radius 2 is 1.81 bits per heavy atom. The molecule has 3 fully saturated rings. The van der Waals surface area contributed by atoms with Crippen molar-refractivity contribution in [3.8, 4) is 6.19 Å². The van der Waals surface area contributed by atoms with Crippen LogP contribution in [-0.4, -0.2) is 76.1 Å². The van der Waals surface area contributed by atoms with E-state index in [-0.39, 0.29) is 44.5 Å². The summed E-state index contributed by atoms with van der Waals surface area (Å²) in [5.41, 5.74) is -0.273. The van der Waals surface area contributed by atoms with Gasteiger partial charge in [-0.15, -0.1) is 0 Å². The fourth-order valence-corrected chi connectivity index (χ4v) is 7.39. The van der Waals surface area contributed by atoms with Crippen LogP contribution in [0.3, 0.4) is 0 Å². The van der Waals surface area contributed by atoms with E-state index in [2.05, 4.69) is 16.0 Å². The Labute approximate surface area is 278 Å². The molecule has 3 aliphatic heterocycles. The van der Waals surface area contributed by atoms with Gasteiger partial charge in [0, 0.05) is 24.4 Å². The third-order valence-electron chi connectivity index (χ3n) is 10.1. The number of fused-ring (bicyclic) bond motifs is 3. The number of nitriles is 1. The third-order valence-corrected chi connectivity index (χ3v) is 10.1. The number of benzene rings is 1. The molecular formula is C34H41FN6O7. The van der Waals surface area contributed by atoms with Gasteiger partial charge in [-0.2, -0.15) is 5.26 Å². The number of ether oxygens (including phenoxy) is 2. The molecule has 0 bridgehead atoms. The second-order valence-electron chi connectivity index (χ2n) is 13.4. The monoisotopic (exact) mass is 664 g/mol. The van der Waals surface area contributed by atoms with Crippen molar-refractivity contribution in [2.24, 2.45) is 5.92 Å². The first-order valence-corrected chi connectivity index (χ1v) is 16.9. The number of hydrogen-bond acceptors (Lipinski definition) is 8. The van der Waals surface area contributed by atoms with Crippen LogP contribution in [0, 0.1) is 23.2 Å². The predicted molar refractivity (Wildman–Crippen MR) is 167 cm³/mol. The van der Waals surface area contributed by atoms with Gasteiger partial charge in [0.15, 0.2) is 6.19 Å². The summed E-state index contributed by atoms with van der Waals surface area (Å²) in [6, 6.07) is 2.52. The van der Waals surface area contributed by atoms with E-state index in [1.807, 2.05) is 12.2 Å². The Bertz CT molecular complexity index is 1520. The van der Waals surface area contributed by atoms with Crippen molar-refractivity contribution in [3.05, 3.63) is 47.3 Å². The zero-order chi connectivity index (χ0) is 33.8. The molecule has 3 heterocycles. The highest BCUT2D eigenvalue weighted by Gasteiger charge is 2.61. The number of rotatable bonds is 4. The number of nitrogens with zero attached hydrogens (tertiary/aromatic N) is 3. The van der Waals surface area contributed by atoms with Gasteiger partial charge in [0.05, 0.1) is 13.1 Å². The summed E-state index contributed by atoms with van der Waals surface area (Å²) in [7, 11) is 0. The summed E-state index contributed by atoms with van der Waals surface area (Å²) >= 11 is 0. The lowest BCUT2D eigenvalue weighted by Gasteiger charge is -2.29. The van der Waals surface area contributed by atoms with Gasteiger partial charge >= 0.3 is 12.2 Å².